The van der Waals surface area contributed by atoms with Gasteiger partial charge in [0.05, 0.1) is 23.0 Å². The molecule has 0 bridgehead atoms. The maximum atomic E-state index is 10.1. The van der Waals surface area contributed by atoms with Gasteiger partial charge in [-0.05, 0) is 11.1 Å². The van der Waals surface area contributed by atoms with E-state index in [0.717, 1.165) is 0 Å². The van der Waals surface area contributed by atoms with Crippen LogP contribution < -0.4 is 0 Å². The van der Waals surface area contributed by atoms with Gasteiger partial charge in [-0.2, -0.15) is 0 Å². The molecule has 18 heavy (non-hydrogen) atoms. The lowest BCUT2D eigenvalue weighted by molar-refractivity contribution is 0.161. The van der Waals surface area contributed by atoms with E-state index in [9.17, 15) is 10.2 Å². The Kier molecular flexibility index (Phi) is 5.89. The van der Waals surface area contributed by atoms with E-state index in [2.05, 4.69) is 13.2 Å². The van der Waals surface area contributed by atoms with Gasteiger partial charge in [-0.1, -0.05) is 36.4 Å². The molecule has 0 spiro atoms. The second-order valence-electron chi connectivity index (χ2n) is 3.88. The van der Waals surface area contributed by atoms with E-state index in [1.165, 1.54) is 12.2 Å². The van der Waals surface area contributed by atoms with Crippen molar-refractivity contribution < 1.29 is 10.2 Å². The Bertz CT molecular complexity index is 381. The summed E-state index contributed by atoms with van der Waals surface area (Å²) in [6.45, 7) is 7.07. The normalized spacial score (nSPS) is 17.6. The van der Waals surface area contributed by atoms with Crippen molar-refractivity contribution in [3.8, 4) is 0 Å². The third-order valence-corrected chi connectivity index (χ3v) is 3.52. The lowest BCUT2D eigenvalue weighted by Crippen LogP contribution is -2.17. The molecule has 1 aromatic carbocycles. The monoisotopic (exact) mass is 286 g/mol. The lowest BCUT2D eigenvalue weighted by atomic mass is 9.95. The first kappa shape index (κ1) is 15.3. The lowest BCUT2D eigenvalue weighted by Gasteiger charge is -2.22. The molecule has 2 N–H and O–H groups in total. The number of benzene rings is 1. The molecule has 0 aromatic heterocycles. The zero-order valence-electron chi connectivity index (χ0n) is 9.84. The van der Waals surface area contributed by atoms with Crippen LogP contribution >= 0.6 is 23.2 Å². The summed E-state index contributed by atoms with van der Waals surface area (Å²) in [4.78, 5) is 0. The number of halogens is 2. The summed E-state index contributed by atoms with van der Waals surface area (Å²) in [6.07, 6.45) is 1.01. The summed E-state index contributed by atoms with van der Waals surface area (Å²) in [5.41, 5.74) is 1.08. The standard InChI is InChI=1S/C14H16Cl2O2/c1-3-11(15)13(17)9-7-5-6-8-10(9)14(18)12(16)4-2/h3-8,11-14,17-18H,1-2H2/t11-,12-,13+,14+/m0/s1. The van der Waals surface area contributed by atoms with Crippen molar-refractivity contribution in [3.05, 3.63) is 60.7 Å². The van der Waals surface area contributed by atoms with Gasteiger partial charge in [0.25, 0.3) is 0 Å². The van der Waals surface area contributed by atoms with E-state index in [1.807, 2.05) is 0 Å². The minimum absolute atomic E-state index is 0.539. The molecule has 0 aliphatic heterocycles. The predicted octanol–water partition coefficient (Wildman–Crippen LogP) is 3.34. The smallest absolute Gasteiger partial charge is 0.0992 e. The van der Waals surface area contributed by atoms with Gasteiger partial charge in [0.1, 0.15) is 0 Å². The van der Waals surface area contributed by atoms with Gasteiger partial charge in [0, 0.05) is 0 Å². The molecule has 2 nitrogen and oxygen atoms in total. The van der Waals surface area contributed by atoms with Gasteiger partial charge < -0.3 is 10.2 Å². The van der Waals surface area contributed by atoms with Crippen LogP contribution in [-0.4, -0.2) is 21.0 Å². The summed E-state index contributed by atoms with van der Waals surface area (Å²) in [5, 5.41) is 18.9. The van der Waals surface area contributed by atoms with Crippen molar-refractivity contribution >= 4 is 23.2 Å². The van der Waals surface area contributed by atoms with Gasteiger partial charge in [0.2, 0.25) is 0 Å². The molecule has 1 rings (SSSR count). The molecule has 0 heterocycles. The fourth-order valence-electron chi connectivity index (χ4n) is 1.65. The summed E-state index contributed by atoms with van der Waals surface area (Å²) in [7, 11) is 0. The van der Waals surface area contributed by atoms with Gasteiger partial charge in [-0.15, -0.1) is 36.4 Å². The highest BCUT2D eigenvalue weighted by atomic mass is 35.5. The van der Waals surface area contributed by atoms with Crippen LogP contribution in [0.25, 0.3) is 0 Å². The number of rotatable bonds is 6. The summed E-state index contributed by atoms with van der Waals surface area (Å²) < 4.78 is 0. The van der Waals surface area contributed by atoms with E-state index in [4.69, 9.17) is 23.2 Å². The topological polar surface area (TPSA) is 40.5 Å². The Morgan fingerprint density at radius 2 is 1.22 bits per heavy atom. The van der Waals surface area contributed by atoms with Crippen molar-refractivity contribution in [2.24, 2.45) is 0 Å². The van der Waals surface area contributed by atoms with Crippen molar-refractivity contribution in [3.63, 3.8) is 0 Å². The number of alkyl halides is 2. The number of aliphatic hydroxyl groups excluding tert-OH is 2. The molecule has 98 valence electrons. The minimum atomic E-state index is -0.941. The average Bonchev–Trinajstić information content (AvgIpc) is 2.43. The van der Waals surface area contributed by atoms with Crippen molar-refractivity contribution in [1.29, 1.82) is 0 Å². The molecule has 0 fully saturated rings. The van der Waals surface area contributed by atoms with Gasteiger partial charge >= 0.3 is 0 Å². The average molecular weight is 287 g/mol. The molecule has 0 unspecified atom stereocenters. The molecule has 0 saturated heterocycles. The largest absolute Gasteiger partial charge is 0.387 e. The van der Waals surface area contributed by atoms with E-state index >= 15 is 0 Å². The molecule has 0 radical (unpaired) electrons. The second kappa shape index (κ2) is 6.95. The molecule has 1 aromatic rings. The predicted molar refractivity (Wildman–Crippen MR) is 76.0 cm³/mol. The van der Waals surface area contributed by atoms with Crippen LogP contribution in [0.2, 0.25) is 0 Å². The maximum Gasteiger partial charge on any atom is 0.0992 e. The van der Waals surface area contributed by atoms with E-state index in [1.54, 1.807) is 24.3 Å². The molecule has 0 aliphatic rings. The molecule has 0 aliphatic carbocycles. The van der Waals surface area contributed by atoms with Crippen LogP contribution in [0.4, 0.5) is 0 Å². The molecule has 4 heteroatoms. The Morgan fingerprint density at radius 3 is 1.50 bits per heavy atom. The SMILES string of the molecule is C=C[C@H](Cl)[C@H](O)c1ccccc1[C@@H](O)[C@@H](Cl)C=C. The van der Waals surface area contributed by atoms with Crippen LogP contribution in [0.3, 0.4) is 0 Å². The molecular formula is C14H16Cl2O2. The third-order valence-electron chi connectivity index (χ3n) is 2.69. The van der Waals surface area contributed by atoms with Gasteiger partial charge in [-0.3, -0.25) is 0 Å². The second-order valence-corrected chi connectivity index (χ2v) is 4.89. The Balaban J connectivity index is 3.13. The summed E-state index contributed by atoms with van der Waals surface area (Å²) >= 11 is 11.9. The first-order chi connectivity index (χ1) is 8.52. The highest BCUT2D eigenvalue weighted by Crippen LogP contribution is 2.31. The Morgan fingerprint density at radius 1 is 0.889 bits per heavy atom. The highest BCUT2D eigenvalue weighted by Gasteiger charge is 2.24. The number of hydrogen-bond donors (Lipinski definition) is 2. The van der Waals surface area contributed by atoms with Crippen molar-refractivity contribution in [1.82, 2.24) is 0 Å². The van der Waals surface area contributed by atoms with Crippen molar-refractivity contribution in [2.45, 2.75) is 23.0 Å². The number of hydrogen-bond acceptors (Lipinski definition) is 2. The third kappa shape index (κ3) is 3.36. The zero-order valence-corrected chi connectivity index (χ0v) is 11.3. The quantitative estimate of drug-likeness (QED) is 0.622. The Labute approximate surface area is 117 Å². The number of aliphatic hydroxyl groups is 2. The van der Waals surface area contributed by atoms with Crippen LogP contribution in [0, 0.1) is 0 Å². The van der Waals surface area contributed by atoms with Crippen LogP contribution in [0.15, 0.2) is 49.6 Å². The van der Waals surface area contributed by atoms with Gasteiger partial charge in [-0.25, -0.2) is 0 Å². The van der Waals surface area contributed by atoms with Crippen molar-refractivity contribution in [2.75, 3.05) is 0 Å². The van der Waals surface area contributed by atoms with Crippen LogP contribution in [0.1, 0.15) is 23.3 Å². The van der Waals surface area contributed by atoms with E-state index in [-0.39, 0.29) is 0 Å². The first-order valence-electron chi connectivity index (χ1n) is 5.51. The zero-order chi connectivity index (χ0) is 13.7. The summed E-state index contributed by atoms with van der Waals surface area (Å²) in [6, 6.07) is 6.93. The fourth-order valence-corrected chi connectivity index (χ4v) is 1.92. The molecular weight excluding hydrogens is 271 g/mol. The molecule has 4 atom stereocenters. The molecule has 0 amide bonds. The first-order valence-corrected chi connectivity index (χ1v) is 6.38. The van der Waals surface area contributed by atoms with E-state index in [0.29, 0.717) is 11.1 Å². The summed E-state index contributed by atoms with van der Waals surface area (Å²) in [5.74, 6) is 0. The van der Waals surface area contributed by atoms with E-state index < -0.39 is 23.0 Å². The van der Waals surface area contributed by atoms with Gasteiger partial charge in [0.15, 0.2) is 0 Å². The maximum absolute atomic E-state index is 10.1. The fraction of sp³-hybridized carbons (Fsp3) is 0.286. The Hall–Kier alpha value is -0.800. The van der Waals surface area contributed by atoms with Crippen LogP contribution in [0.5, 0.6) is 0 Å². The highest BCUT2D eigenvalue weighted by molar-refractivity contribution is 6.22. The minimum Gasteiger partial charge on any atom is -0.387 e. The molecule has 0 saturated carbocycles. The van der Waals surface area contributed by atoms with Crippen LogP contribution in [-0.2, 0) is 0 Å².